The molecule has 0 fully saturated rings. The number of aromatic nitrogens is 4. The van der Waals surface area contributed by atoms with E-state index in [-0.39, 0.29) is 12.2 Å². The maximum atomic E-state index is 13.0. The summed E-state index contributed by atoms with van der Waals surface area (Å²) in [6.07, 6.45) is -3.01. The van der Waals surface area contributed by atoms with E-state index >= 15 is 0 Å². The second kappa shape index (κ2) is 8.92. The number of ether oxygens (including phenoxy) is 1. The average molecular weight is 497 g/mol. The van der Waals surface area contributed by atoms with Gasteiger partial charge < -0.3 is 4.74 Å². The summed E-state index contributed by atoms with van der Waals surface area (Å²) in [6, 6.07) is 20.6. The normalized spacial score (nSPS) is 11.7. The Bertz CT molecular complexity index is 1550. The van der Waals surface area contributed by atoms with Gasteiger partial charge in [-0.25, -0.2) is 9.48 Å². The Hall–Kier alpha value is -4.11. The molecule has 0 bridgehead atoms. The Morgan fingerprint density at radius 3 is 2.26 bits per heavy atom. The molecule has 0 saturated heterocycles. The van der Waals surface area contributed by atoms with Crippen molar-refractivity contribution in [1.29, 1.82) is 0 Å². The van der Waals surface area contributed by atoms with Gasteiger partial charge in [0.2, 0.25) is 0 Å². The number of fused-ring (bicyclic) bond motifs is 1. The largest absolute Gasteiger partial charge is 0.455 e. The quantitative estimate of drug-likeness (QED) is 0.296. The number of alkyl halides is 3. The molecule has 6 nitrogen and oxygen atoms in total. The highest BCUT2D eigenvalue weighted by molar-refractivity contribution is 6.30. The van der Waals surface area contributed by atoms with E-state index in [1.165, 1.54) is 18.3 Å². The molecular formula is C25H16ClF3N4O2. The standard InChI is InChI=1S/C25H16ClF3N4O2/c26-19-12-8-17(9-13-19)22-21(35-20-4-2-1-3-5-20)14-30-33-23(22)31-32(24(33)34)15-16-6-10-18(11-7-16)25(27,28)29/h1-14H,15H2. The zero-order valence-electron chi connectivity index (χ0n) is 17.9. The Morgan fingerprint density at radius 2 is 1.60 bits per heavy atom. The lowest BCUT2D eigenvalue weighted by Gasteiger charge is -2.11. The van der Waals surface area contributed by atoms with E-state index in [0.29, 0.717) is 33.2 Å². The molecule has 10 heteroatoms. The molecule has 5 rings (SSSR count). The highest BCUT2D eigenvalue weighted by Crippen LogP contribution is 2.35. The molecule has 0 unspecified atom stereocenters. The van der Waals surface area contributed by atoms with E-state index in [4.69, 9.17) is 16.3 Å². The van der Waals surface area contributed by atoms with Gasteiger partial charge in [-0.05, 0) is 47.5 Å². The van der Waals surface area contributed by atoms with E-state index in [0.717, 1.165) is 21.3 Å². The van der Waals surface area contributed by atoms with Crippen molar-refractivity contribution in [3.8, 4) is 22.6 Å². The van der Waals surface area contributed by atoms with Gasteiger partial charge in [-0.1, -0.05) is 54.1 Å². The van der Waals surface area contributed by atoms with Crippen molar-refractivity contribution < 1.29 is 17.9 Å². The van der Waals surface area contributed by atoms with Gasteiger partial charge in [-0.15, -0.1) is 5.10 Å². The van der Waals surface area contributed by atoms with Crippen molar-refractivity contribution in [2.24, 2.45) is 0 Å². The van der Waals surface area contributed by atoms with Crippen molar-refractivity contribution in [2.75, 3.05) is 0 Å². The fourth-order valence-corrected chi connectivity index (χ4v) is 3.73. The maximum Gasteiger partial charge on any atom is 0.416 e. The second-order valence-corrected chi connectivity index (χ2v) is 8.11. The SMILES string of the molecule is O=c1n(Cc2ccc(C(F)(F)F)cc2)nc2c(-c3ccc(Cl)cc3)c(Oc3ccccc3)cnn12. The lowest BCUT2D eigenvalue weighted by atomic mass is 10.1. The van der Waals surface area contributed by atoms with Crippen LogP contribution in [0.2, 0.25) is 5.02 Å². The molecule has 0 radical (unpaired) electrons. The molecule has 35 heavy (non-hydrogen) atoms. The van der Waals surface area contributed by atoms with Crippen LogP contribution in [0.5, 0.6) is 11.5 Å². The Balaban J connectivity index is 1.61. The van der Waals surface area contributed by atoms with Gasteiger partial charge in [0.15, 0.2) is 11.4 Å². The summed E-state index contributed by atoms with van der Waals surface area (Å²) in [5.74, 6) is 0.943. The van der Waals surface area contributed by atoms with Crippen LogP contribution >= 0.6 is 11.6 Å². The summed E-state index contributed by atoms with van der Waals surface area (Å²) in [5, 5.41) is 9.20. The number of nitrogens with zero attached hydrogens (tertiary/aromatic N) is 4. The van der Waals surface area contributed by atoms with Crippen LogP contribution in [0.15, 0.2) is 89.9 Å². The van der Waals surface area contributed by atoms with Gasteiger partial charge in [0.25, 0.3) is 0 Å². The molecule has 2 aromatic heterocycles. The summed E-state index contributed by atoms with van der Waals surface area (Å²) in [7, 11) is 0. The summed E-state index contributed by atoms with van der Waals surface area (Å²) < 4.78 is 47.0. The van der Waals surface area contributed by atoms with E-state index in [9.17, 15) is 18.0 Å². The zero-order valence-corrected chi connectivity index (χ0v) is 18.7. The van der Waals surface area contributed by atoms with Crippen LogP contribution in [-0.2, 0) is 12.7 Å². The topological polar surface area (TPSA) is 61.4 Å². The van der Waals surface area contributed by atoms with Crippen molar-refractivity contribution in [1.82, 2.24) is 19.4 Å². The predicted molar refractivity (Wildman–Crippen MR) is 125 cm³/mol. The molecule has 0 amide bonds. The third-order valence-corrected chi connectivity index (χ3v) is 5.55. The van der Waals surface area contributed by atoms with Crippen molar-refractivity contribution in [3.05, 3.63) is 112 Å². The fourth-order valence-electron chi connectivity index (χ4n) is 3.60. The van der Waals surface area contributed by atoms with Crippen LogP contribution < -0.4 is 10.4 Å². The average Bonchev–Trinajstić information content (AvgIpc) is 3.15. The van der Waals surface area contributed by atoms with Crippen molar-refractivity contribution in [2.45, 2.75) is 12.7 Å². The highest BCUT2D eigenvalue weighted by atomic mass is 35.5. The summed E-state index contributed by atoms with van der Waals surface area (Å²) in [4.78, 5) is 13.0. The van der Waals surface area contributed by atoms with Gasteiger partial charge >= 0.3 is 11.9 Å². The first kappa shape index (κ1) is 22.7. The monoisotopic (exact) mass is 496 g/mol. The van der Waals surface area contributed by atoms with Gasteiger partial charge in [-0.3, -0.25) is 0 Å². The van der Waals surface area contributed by atoms with Gasteiger partial charge in [0.1, 0.15) is 5.75 Å². The third-order valence-electron chi connectivity index (χ3n) is 5.30. The molecule has 176 valence electrons. The zero-order chi connectivity index (χ0) is 24.6. The molecule has 2 heterocycles. The van der Waals surface area contributed by atoms with Crippen LogP contribution in [0.4, 0.5) is 13.2 Å². The number of hydrogen-bond acceptors (Lipinski definition) is 4. The minimum Gasteiger partial charge on any atom is -0.455 e. The van der Waals surface area contributed by atoms with Crippen LogP contribution in [-0.4, -0.2) is 19.4 Å². The molecule has 0 aliphatic heterocycles. The van der Waals surface area contributed by atoms with Crippen LogP contribution in [0.3, 0.4) is 0 Å². The highest BCUT2D eigenvalue weighted by Gasteiger charge is 2.30. The second-order valence-electron chi connectivity index (χ2n) is 7.68. The van der Waals surface area contributed by atoms with Crippen LogP contribution in [0.1, 0.15) is 11.1 Å². The van der Waals surface area contributed by atoms with Crippen molar-refractivity contribution >= 4 is 17.2 Å². The number of rotatable bonds is 5. The Kier molecular flexibility index (Phi) is 5.78. The molecule has 0 aliphatic rings. The number of benzene rings is 3. The minimum atomic E-state index is -4.44. The van der Waals surface area contributed by atoms with E-state index in [2.05, 4.69) is 10.2 Å². The molecular weight excluding hydrogens is 481 g/mol. The van der Waals surface area contributed by atoms with Crippen LogP contribution in [0, 0.1) is 0 Å². The molecule has 0 N–H and O–H groups in total. The summed E-state index contributed by atoms with van der Waals surface area (Å²) in [5.41, 5.74) is 0.623. The Labute approximate surface area is 201 Å². The molecule has 0 atom stereocenters. The molecule has 0 saturated carbocycles. The molecule has 0 spiro atoms. The van der Waals surface area contributed by atoms with Gasteiger partial charge in [0.05, 0.1) is 23.9 Å². The Morgan fingerprint density at radius 1 is 0.914 bits per heavy atom. The van der Waals surface area contributed by atoms with Gasteiger partial charge in [0, 0.05) is 5.02 Å². The predicted octanol–water partition coefficient (Wildman–Crippen LogP) is 6.07. The summed E-state index contributed by atoms with van der Waals surface area (Å²) >= 11 is 6.06. The lowest BCUT2D eigenvalue weighted by Crippen LogP contribution is -2.23. The maximum absolute atomic E-state index is 13.0. The van der Waals surface area contributed by atoms with Crippen LogP contribution in [0.25, 0.3) is 16.8 Å². The molecule has 3 aromatic carbocycles. The first-order valence-corrected chi connectivity index (χ1v) is 10.8. The number of para-hydroxylation sites is 1. The van der Waals surface area contributed by atoms with E-state index in [1.807, 2.05) is 18.2 Å². The van der Waals surface area contributed by atoms with E-state index < -0.39 is 17.4 Å². The molecule has 0 aliphatic carbocycles. The first-order chi connectivity index (χ1) is 16.8. The smallest absolute Gasteiger partial charge is 0.416 e. The lowest BCUT2D eigenvalue weighted by molar-refractivity contribution is -0.137. The fraction of sp³-hybridized carbons (Fsp3) is 0.0800. The molecule has 5 aromatic rings. The number of halogens is 4. The minimum absolute atomic E-state index is 0.0325. The third kappa shape index (κ3) is 4.63. The van der Waals surface area contributed by atoms with Gasteiger partial charge in [-0.2, -0.15) is 22.8 Å². The number of hydrogen-bond donors (Lipinski definition) is 0. The first-order valence-electron chi connectivity index (χ1n) is 10.4. The van der Waals surface area contributed by atoms with Crippen molar-refractivity contribution in [3.63, 3.8) is 0 Å². The summed E-state index contributed by atoms with van der Waals surface area (Å²) in [6.45, 7) is -0.0325. The van der Waals surface area contributed by atoms with E-state index in [1.54, 1.807) is 36.4 Å².